The summed E-state index contributed by atoms with van der Waals surface area (Å²) >= 11 is 0. The van der Waals surface area contributed by atoms with E-state index in [0.717, 1.165) is 11.3 Å². The molecule has 5 rings (SSSR count). The first-order valence-corrected chi connectivity index (χ1v) is 11.0. The van der Waals surface area contributed by atoms with Gasteiger partial charge in [0.15, 0.2) is 23.9 Å². The zero-order valence-electron chi connectivity index (χ0n) is 18.9. The number of amides is 1. The number of nitrogens with one attached hydrogen (secondary N) is 1. The van der Waals surface area contributed by atoms with Gasteiger partial charge in [0.1, 0.15) is 5.75 Å². The van der Waals surface area contributed by atoms with Crippen molar-refractivity contribution < 1.29 is 14.3 Å². The molecule has 2 heterocycles. The third kappa shape index (κ3) is 4.91. The molecule has 0 spiro atoms. The van der Waals surface area contributed by atoms with E-state index >= 15 is 0 Å². The maximum absolute atomic E-state index is 12.5. The fourth-order valence-corrected chi connectivity index (χ4v) is 3.61. The predicted octanol–water partition coefficient (Wildman–Crippen LogP) is 4.35. The molecule has 35 heavy (non-hydrogen) atoms. The Morgan fingerprint density at radius 2 is 1.63 bits per heavy atom. The van der Waals surface area contributed by atoms with Gasteiger partial charge in [-0.3, -0.25) is 9.59 Å². The highest BCUT2D eigenvalue weighted by Gasteiger charge is 2.10. The van der Waals surface area contributed by atoms with Crippen LogP contribution in [-0.4, -0.2) is 38.1 Å². The molecule has 172 valence electrons. The number of nitrogens with zero attached hydrogens (tertiary/aromatic N) is 4. The van der Waals surface area contributed by atoms with Crippen molar-refractivity contribution in [3.63, 3.8) is 0 Å². The molecule has 2 aromatic heterocycles. The molecule has 0 saturated heterocycles. The van der Waals surface area contributed by atoms with Gasteiger partial charge in [-0.2, -0.15) is 9.61 Å². The number of benzene rings is 3. The second-order valence-electron chi connectivity index (χ2n) is 7.87. The number of ketones is 1. The first-order valence-electron chi connectivity index (χ1n) is 11.0. The lowest BCUT2D eigenvalue weighted by molar-refractivity contribution is -0.118. The molecule has 0 aliphatic carbocycles. The quantitative estimate of drug-likeness (QED) is 0.361. The summed E-state index contributed by atoms with van der Waals surface area (Å²) in [6.07, 6.45) is 0. The van der Waals surface area contributed by atoms with Gasteiger partial charge in [-0.05, 0) is 55.5 Å². The highest BCUT2D eigenvalue weighted by Crippen LogP contribution is 2.21. The fraction of sp³-hybridized carbons (Fsp3) is 0.0741. The molecule has 1 amide bonds. The van der Waals surface area contributed by atoms with E-state index in [-0.39, 0.29) is 18.3 Å². The Labute approximate surface area is 201 Å². The minimum Gasteiger partial charge on any atom is -0.484 e. The normalized spacial score (nSPS) is 10.8. The minimum absolute atomic E-state index is 0.0668. The monoisotopic (exact) mass is 463 g/mol. The Hall–Kier alpha value is -4.85. The Morgan fingerprint density at radius 1 is 0.857 bits per heavy atom. The lowest BCUT2D eigenvalue weighted by Gasteiger charge is -2.09. The van der Waals surface area contributed by atoms with E-state index in [4.69, 9.17) is 4.74 Å². The van der Waals surface area contributed by atoms with Gasteiger partial charge in [0.2, 0.25) is 0 Å². The molecule has 3 aromatic carbocycles. The van der Waals surface area contributed by atoms with Crippen LogP contribution in [0.1, 0.15) is 21.7 Å². The van der Waals surface area contributed by atoms with E-state index in [1.807, 2.05) is 55.5 Å². The van der Waals surface area contributed by atoms with Crippen molar-refractivity contribution in [2.24, 2.45) is 0 Å². The molecule has 0 fully saturated rings. The molecular weight excluding hydrogens is 442 g/mol. The Morgan fingerprint density at radius 3 is 2.43 bits per heavy atom. The van der Waals surface area contributed by atoms with E-state index in [2.05, 4.69) is 20.6 Å². The second-order valence-corrected chi connectivity index (χ2v) is 7.87. The molecule has 0 aliphatic heterocycles. The standard InChI is InChI=1S/C27H21N5O3/c1-18-29-30-25-15-14-24(31-32(18)25)21-8-5-9-22(16-21)28-26(33)17-35-23-12-10-20(11-13-23)27(34)19-6-3-2-4-7-19/h2-16H,17H2,1H3,(H,28,33). The van der Waals surface area contributed by atoms with Crippen LogP contribution in [0.3, 0.4) is 0 Å². The molecule has 0 bridgehead atoms. The second kappa shape index (κ2) is 9.56. The first kappa shape index (κ1) is 22.0. The number of carbonyl (C=O) groups is 2. The predicted molar refractivity (Wildman–Crippen MR) is 131 cm³/mol. The number of aryl methyl sites for hydroxylation is 1. The van der Waals surface area contributed by atoms with Crippen molar-refractivity contribution >= 4 is 23.0 Å². The number of hydrogen-bond acceptors (Lipinski definition) is 6. The average molecular weight is 463 g/mol. The number of anilines is 1. The van der Waals surface area contributed by atoms with Gasteiger partial charge in [-0.1, -0.05) is 42.5 Å². The maximum Gasteiger partial charge on any atom is 0.262 e. The van der Waals surface area contributed by atoms with Crippen molar-refractivity contribution in [1.82, 2.24) is 19.8 Å². The lowest BCUT2D eigenvalue weighted by atomic mass is 10.0. The summed E-state index contributed by atoms with van der Waals surface area (Å²) in [6.45, 7) is 1.67. The largest absolute Gasteiger partial charge is 0.484 e. The topological polar surface area (TPSA) is 98.5 Å². The first-order chi connectivity index (χ1) is 17.1. The SMILES string of the molecule is Cc1nnc2ccc(-c3cccc(NC(=O)COc4ccc(C(=O)c5ccccc5)cc4)c3)nn12. The zero-order valence-corrected chi connectivity index (χ0v) is 18.9. The van der Waals surface area contributed by atoms with Gasteiger partial charge < -0.3 is 10.1 Å². The summed E-state index contributed by atoms with van der Waals surface area (Å²) in [5.74, 6) is 0.828. The van der Waals surface area contributed by atoms with Crippen molar-refractivity contribution in [2.75, 3.05) is 11.9 Å². The van der Waals surface area contributed by atoms with Crippen LogP contribution in [0, 0.1) is 6.92 Å². The summed E-state index contributed by atoms with van der Waals surface area (Å²) in [4.78, 5) is 25.0. The number of ether oxygens (including phenoxy) is 1. The highest BCUT2D eigenvalue weighted by molar-refractivity contribution is 6.09. The number of rotatable bonds is 7. The fourth-order valence-electron chi connectivity index (χ4n) is 3.61. The molecule has 0 atom stereocenters. The summed E-state index contributed by atoms with van der Waals surface area (Å²) in [6, 6.07) is 26.9. The molecule has 0 aliphatic rings. The van der Waals surface area contributed by atoms with E-state index in [1.54, 1.807) is 47.0 Å². The van der Waals surface area contributed by atoms with Crippen LogP contribution in [-0.2, 0) is 4.79 Å². The van der Waals surface area contributed by atoms with Crippen molar-refractivity contribution in [1.29, 1.82) is 0 Å². The molecule has 8 heteroatoms. The number of fused-ring (bicyclic) bond motifs is 1. The smallest absolute Gasteiger partial charge is 0.262 e. The molecule has 1 N–H and O–H groups in total. The Kier molecular flexibility index (Phi) is 6.00. The summed E-state index contributed by atoms with van der Waals surface area (Å²) in [7, 11) is 0. The third-order valence-corrected chi connectivity index (χ3v) is 5.38. The van der Waals surface area contributed by atoms with Crippen LogP contribution in [0.25, 0.3) is 16.9 Å². The van der Waals surface area contributed by atoms with Crippen LogP contribution < -0.4 is 10.1 Å². The van der Waals surface area contributed by atoms with Gasteiger partial charge in [0, 0.05) is 22.4 Å². The molecule has 0 unspecified atom stereocenters. The van der Waals surface area contributed by atoms with Crippen molar-refractivity contribution in [2.45, 2.75) is 6.92 Å². The number of hydrogen-bond donors (Lipinski definition) is 1. The van der Waals surface area contributed by atoms with Crippen LogP contribution in [0.2, 0.25) is 0 Å². The molecule has 0 saturated carbocycles. The van der Waals surface area contributed by atoms with Gasteiger partial charge in [0.05, 0.1) is 5.69 Å². The Balaban J connectivity index is 1.20. The van der Waals surface area contributed by atoms with Gasteiger partial charge in [-0.25, -0.2) is 0 Å². The molecule has 5 aromatic rings. The molecule has 8 nitrogen and oxygen atoms in total. The van der Waals surface area contributed by atoms with E-state index in [0.29, 0.717) is 34.0 Å². The van der Waals surface area contributed by atoms with Crippen molar-refractivity contribution in [3.8, 4) is 17.0 Å². The third-order valence-electron chi connectivity index (χ3n) is 5.38. The Bertz CT molecular complexity index is 1510. The maximum atomic E-state index is 12.5. The van der Waals surface area contributed by atoms with Crippen LogP contribution in [0.15, 0.2) is 91.0 Å². The molecular formula is C27H21N5O3. The van der Waals surface area contributed by atoms with Gasteiger partial charge in [-0.15, -0.1) is 10.2 Å². The summed E-state index contributed by atoms with van der Waals surface area (Å²) < 4.78 is 7.27. The number of carbonyl (C=O) groups excluding carboxylic acids is 2. The van der Waals surface area contributed by atoms with Gasteiger partial charge in [0.25, 0.3) is 5.91 Å². The zero-order chi connectivity index (χ0) is 24.2. The van der Waals surface area contributed by atoms with Crippen LogP contribution in [0.5, 0.6) is 5.75 Å². The highest BCUT2D eigenvalue weighted by atomic mass is 16.5. The lowest BCUT2D eigenvalue weighted by Crippen LogP contribution is -2.20. The van der Waals surface area contributed by atoms with Crippen LogP contribution in [0.4, 0.5) is 5.69 Å². The van der Waals surface area contributed by atoms with Crippen LogP contribution >= 0.6 is 0 Å². The van der Waals surface area contributed by atoms with Gasteiger partial charge >= 0.3 is 0 Å². The summed E-state index contributed by atoms with van der Waals surface area (Å²) in [5, 5.41) is 15.5. The van der Waals surface area contributed by atoms with E-state index < -0.39 is 0 Å². The average Bonchev–Trinajstić information content (AvgIpc) is 3.28. The van der Waals surface area contributed by atoms with E-state index in [1.165, 1.54) is 0 Å². The molecule has 0 radical (unpaired) electrons. The summed E-state index contributed by atoms with van der Waals surface area (Å²) in [5.41, 5.74) is 4.05. The number of aromatic nitrogens is 4. The minimum atomic E-state index is -0.301. The van der Waals surface area contributed by atoms with E-state index in [9.17, 15) is 9.59 Å². The van der Waals surface area contributed by atoms with Crippen molar-refractivity contribution in [3.05, 3.63) is 108 Å².